The molecule has 0 aromatic rings. The Bertz CT molecular complexity index is 97.7. The molecule has 0 saturated carbocycles. The van der Waals surface area contributed by atoms with Crippen LogP contribution in [0.4, 0.5) is 4.39 Å². The largest absolute Gasteiger partial charge is 0.313 e. The molecule has 0 bridgehead atoms. The highest BCUT2D eigenvalue weighted by Gasteiger charge is 1.95. The molecular weight excluding hydrogens is 119 g/mol. The Balaban J connectivity index is 2.99. The van der Waals surface area contributed by atoms with Crippen LogP contribution in [-0.2, 0) is 0 Å². The summed E-state index contributed by atoms with van der Waals surface area (Å²) >= 11 is 0. The first-order valence-electron chi connectivity index (χ1n) is 2.97. The van der Waals surface area contributed by atoms with Crippen molar-refractivity contribution >= 4 is 0 Å². The molecule has 0 saturated heterocycles. The monoisotopic (exact) mass is 130 g/mol. The molecule has 0 radical (unpaired) electrons. The normalized spacial score (nSPS) is 12.6. The predicted molar refractivity (Wildman–Crippen MR) is 33.6 cm³/mol. The molecule has 0 unspecified atom stereocenters. The quantitative estimate of drug-likeness (QED) is 0.569. The molecule has 0 aromatic heterocycles. The maximum absolute atomic E-state index is 11.4. The third-order valence-electron chi connectivity index (χ3n) is 0.942. The summed E-state index contributed by atoms with van der Waals surface area (Å²) in [5.74, 6) is -0.0171. The zero-order chi connectivity index (χ0) is 7.11. The van der Waals surface area contributed by atoms with Crippen molar-refractivity contribution in [1.29, 1.82) is 5.26 Å². The van der Waals surface area contributed by atoms with Gasteiger partial charge in [-0.15, -0.1) is 0 Å². The molecule has 52 valence electrons. The molecule has 3 heteroatoms. The zero-order valence-electron chi connectivity index (χ0n) is 5.52. The van der Waals surface area contributed by atoms with E-state index in [2.05, 4.69) is 5.32 Å². The molecule has 0 spiro atoms. The second-order valence-corrected chi connectivity index (χ2v) is 1.92. The Hall–Kier alpha value is -0.620. The van der Waals surface area contributed by atoms with Gasteiger partial charge in [0.05, 0.1) is 12.0 Å². The molecule has 0 aliphatic rings. The fourth-order valence-corrected chi connectivity index (χ4v) is 0.431. The van der Waals surface area contributed by atoms with Gasteiger partial charge in [0, 0.05) is 13.1 Å². The first-order chi connectivity index (χ1) is 4.31. The molecule has 0 heterocycles. The number of nitriles is 1. The highest BCUT2D eigenvalue weighted by atomic mass is 19.1. The Morgan fingerprint density at radius 2 is 2.44 bits per heavy atom. The van der Waals surface area contributed by atoms with Crippen LogP contribution in [0.15, 0.2) is 0 Å². The van der Waals surface area contributed by atoms with Gasteiger partial charge in [0.25, 0.3) is 0 Å². The maximum Gasteiger partial charge on any atom is 0.102 e. The Labute approximate surface area is 54.7 Å². The summed E-state index contributed by atoms with van der Waals surface area (Å²) in [6.45, 7) is 2.37. The number of halogens is 1. The van der Waals surface area contributed by atoms with Gasteiger partial charge in [-0.3, -0.25) is 0 Å². The van der Waals surface area contributed by atoms with Crippen molar-refractivity contribution in [2.45, 2.75) is 6.92 Å². The van der Waals surface area contributed by atoms with Gasteiger partial charge in [-0.25, -0.2) is 4.39 Å². The van der Waals surface area contributed by atoms with E-state index in [0.29, 0.717) is 13.1 Å². The van der Waals surface area contributed by atoms with Crippen molar-refractivity contribution in [3.05, 3.63) is 0 Å². The number of hydrogen-bond donors (Lipinski definition) is 1. The molecule has 1 N–H and O–H groups in total. The fourth-order valence-electron chi connectivity index (χ4n) is 0.431. The average molecular weight is 130 g/mol. The summed E-state index contributed by atoms with van der Waals surface area (Å²) < 4.78 is 11.4. The lowest BCUT2D eigenvalue weighted by molar-refractivity contribution is 0.458. The summed E-state index contributed by atoms with van der Waals surface area (Å²) in [7, 11) is 0. The van der Waals surface area contributed by atoms with Crippen molar-refractivity contribution in [2.24, 2.45) is 5.92 Å². The fraction of sp³-hybridized carbons (Fsp3) is 0.833. The number of nitrogens with zero attached hydrogens (tertiary/aromatic N) is 1. The van der Waals surface area contributed by atoms with E-state index in [1.54, 1.807) is 6.92 Å². The summed E-state index contributed by atoms with van der Waals surface area (Å²) in [4.78, 5) is 0. The maximum atomic E-state index is 11.4. The predicted octanol–water partition coefficient (Wildman–Crippen LogP) is 0.705. The van der Waals surface area contributed by atoms with Crippen LogP contribution in [0.3, 0.4) is 0 Å². The van der Waals surface area contributed by atoms with Crippen LogP contribution in [0.2, 0.25) is 0 Å². The highest BCUT2D eigenvalue weighted by molar-refractivity contribution is 4.79. The van der Waals surface area contributed by atoms with Gasteiger partial charge in [-0.05, 0) is 6.92 Å². The number of nitrogens with one attached hydrogen (secondary N) is 1. The molecule has 0 rings (SSSR count). The molecule has 0 fully saturated rings. The second kappa shape index (κ2) is 5.52. The second-order valence-electron chi connectivity index (χ2n) is 1.92. The van der Waals surface area contributed by atoms with Crippen molar-refractivity contribution in [1.82, 2.24) is 5.32 Å². The number of alkyl halides is 1. The van der Waals surface area contributed by atoms with Crippen LogP contribution in [0, 0.1) is 17.2 Å². The molecule has 1 atom stereocenters. The third-order valence-corrected chi connectivity index (χ3v) is 0.942. The lowest BCUT2D eigenvalue weighted by Crippen LogP contribution is -2.22. The molecular formula is C6H11FN2. The van der Waals surface area contributed by atoms with Crippen LogP contribution in [0.25, 0.3) is 0 Å². The lowest BCUT2D eigenvalue weighted by atomic mass is 10.2. The third kappa shape index (κ3) is 5.25. The van der Waals surface area contributed by atoms with Crippen LogP contribution in [-0.4, -0.2) is 19.8 Å². The molecule has 2 nitrogen and oxygen atoms in total. The molecule has 0 amide bonds. The minimum Gasteiger partial charge on any atom is -0.313 e. The van der Waals surface area contributed by atoms with Crippen molar-refractivity contribution in [3.63, 3.8) is 0 Å². The van der Waals surface area contributed by atoms with E-state index < -0.39 is 0 Å². The van der Waals surface area contributed by atoms with E-state index >= 15 is 0 Å². The zero-order valence-corrected chi connectivity index (χ0v) is 5.52. The van der Waals surface area contributed by atoms with Crippen LogP contribution in [0.1, 0.15) is 6.92 Å². The summed E-state index contributed by atoms with van der Waals surface area (Å²) in [6.07, 6.45) is 0. The lowest BCUT2D eigenvalue weighted by Gasteiger charge is -2.00. The topological polar surface area (TPSA) is 35.8 Å². The molecule has 0 aliphatic carbocycles. The van der Waals surface area contributed by atoms with Gasteiger partial charge in [-0.2, -0.15) is 5.26 Å². The van der Waals surface area contributed by atoms with Gasteiger partial charge in [0.15, 0.2) is 0 Å². The van der Waals surface area contributed by atoms with Crippen molar-refractivity contribution < 1.29 is 4.39 Å². The summed E-state index contributed by atoms with van der Waals surface area (Å²) in [6, 6.07) is 2.04. The molecule has 9 heavy (non-hydrogen) atoms. The van der Waals surface area contributed by atoms with Gasteiger partial charge >= 0.3 is 0 Å². The minimum absolute atomic E-state index is 0.0171. The van der Waals surface area contributed by atoms with E-state index in [-0.39, 0.29) is 12.6 Å². The first kappa shape index (κ1) is 8.38. The van der Waals surface area contributed by atoms with Crippen LogP contribution < -0.4 is 5.32 Å². The Morgan fingerprint density at radius 1 is 1.78 bits per heavy atom. The van der Waals surface area contributed by atoms with E-state index in [4.69, 9.17) is 5.26 Å². The van der Waals surface area contributed by atoms with E-state index in [0.717, 1.165) is 0 Å². The van der Waals surface area contributed by atoms with Crippen molar-refractivity contribution in [2.75, 3.05) is 19.8 Å². The average Bonchev–Trinajstić information content (AvgIpc) is 1.89. The Morgan fingerprint density at radius 3 is 2.89 bits per heavy atom. The minimum atomic E-state index is -0.363. The van der Waals surface area contributed by atoms with Gasteiger partial charge in [0.2, 0.25) is 0 Å². The summed E-state index contributed by atoms with van der Waals surface area (Å²) in [5, 5.41) is 11.0. The summed E-state index contributed by atoms with van der Waals surface area (Å²) in [5.41, 5.74) is 0. The number of hydrogen-bond acceptors (Lipinski definition) is 2. The van der Waals surface area contributed by atoms with E-state index in [9.17, 15) is 4.39 Å². The van der Waals surface area contributed by atoms with Gasteiger partial charge < -0.3 is 5.32 Å². The van der Waals surface area contributed by atoms with E-state index in [1.165, 1.54) is 0 Å². The first-order valence-corrected chi connectivity index (χ1v) is 2.97. The molecule has 0 aromatic carbocycles. The highest BCUT2D eigenvalue weighted by Crippen LogP contribution is 1.86. The van der Waals surface area contributed by atoms with Crippen molar-refractivity contribution in [3.8, 4) is 6.07 Å². The van der Waals surface area contributed by atoms with E-state index in [1.807, 2.05) is 6.07 Å². The van der Waals surface area contributed by atoms with Gasteiger partial charge in [-0.1, -0.05) is 0 Å². The van der Waals surface area contributed by atoms with Crippen LogP contribution >= 0.6 is 0 Å². The van der Waals surface area contributed by atoms with Gasteiger partial charge in [0.1, 0.15) is 6.67 Å². The Kier molecular flexibility index (Phi) is 5.14. The van der Waals surface area contributed by atoms with Crippen LogP contribution in [0.5, 0.6) is 0 Å². The SMILES string of the molecule is C[C@H](C#N)CNCCF. The molecule has 0 aliphatic heterocycles. The standard InChI is InChI=1S/C6H11FN2/c1-6(4-8)5-9-3-2-7/h6,9H,2-3,5H2,1H3/t6-/m1/s1. The number of rotatable bonds is 4. The smallest absolute Gasteiger partial charge is 0.102 e.